The van der Waals surface area contributed by atoms with Gasteiger partial charge in [0, 0.05) is 23.5 Å². The third kappa shape index (κ3) is 3.05. The molecule has 0 bridgehead atoms. The Labute approximate surface area is 155 Å². The molecule has 134 valence electrons. The van der Waals surface area contributed by atoms with Crippen molar-refractivity contribution in [3.05, 3.63) is 52.4 Å². The molecule has 5 nitrogen and oxygen atoms in total. The van der Waals surface area contributed by atoms with Gasteiger partial charge in [0.1, 0.15) is 11.4 Å². The van der Waals surface area contributed by atoms with Gasteiger partial charge in [-0.3, -0.25) is 14.2 Å². The van der Waals surface area contributed by atoms with Gasteiger partial charge in [-0.05, 0) is 31.7 Å². The largest absolute Gasteiger partial charge is 0.338 e. The Morgan fingerprint density at radius 2 is 2.08 bits per heavy atom. The molecule has 1 fully saturated rings. The fourth-order valence-electron chi connectivity index (χ4n) is 3.62. The van der Waals surface area contributed by atoms with Crippen LogP contribution in [-0.4, -0.2) is 32.9 Å². The van der Waals surface area contributed by atoms with Gasteiger partial charge in [-0.2, -0.15) is 0 Å². The number of thiophene rings is 1. The van der Waals surface area contributed by atoms with Crippen LogP contribution in [0.5, 0.6) is 0 Å². The number of carbonyl (C=O) groups excluding carboxylic acids is 1. The molecule has 3 aromatic rings. The zero-order valence-corrected chi connectivity index (χ0v) is 15.5. The van der Waals surface area contributed by atoms with E-state index in [1.807, 2.05) is 40.6 Å². The van der Waals surface area contributed by atoms with Crippen LogP contribution >= 0.6 is 11.3 Å². The normalized spacial score (nSPS) is 17.6. The van der Waals surface area contributed by atoms with Crippen molar-refractivity contribution in [3.8, 4) is 11.1 Å². The first kappa shape index (κ1) is 17.0. The van der Waals surface area contributed by atoms with Crippen molar-refractivity contribution in [2.24, 2.45) is 0 Å². The van der Waals surface area contributed by atoms with Crippen LogP contribution in [0.25, 0.3) is 21.3 Å². The Kier molecular flexibility index (Phi) is 4.59. The second-order valence-electron chi connectivity index (χ2n) is 6.81. The van der Waals surface area contributed by atoms with E-state index in [-0.39, 0.29) is 24.1 Å². The van der Waals surface area contributed by atoms with E-state index in [1.54, 1.807) is 0 Å². The van der Waals surface area contributed by atoms with Gasteiger partial charge in [0.05, 0.1) is 11.7 Å². The molecule has 0 radical (unpaired) electrons. The maximum absolute atomic E-state index is 13.0. The molecule has 6 heteroatoms. The minimum Gasteiger partial charge on any atom is -0.338 e. The molecule has 2 aromatic heterocycles. The van der Waals surface area contributed by atoms with Crippen molar-refractivity contribution in [1.29, 1.82) is 0 Å². The molecule has 4 rings (SSSR count). The van der Waals surface area contributed by atoms with Crippen LogP contribution in [-0.2, 0) is 11.3 Å². The number of hydrogen-bond donors (Lipinski definition) is 0. The fraction of sp³-hybridized carbons (Fsp3) is 0.350. The topological polar surface area (TPSA) is 55.2 Å². The van der Waals surface area contributed by atoms with Gasteiger partial charge >= 0.3 is 0 Å². The lowest BCUT2D eigenvalue weighted by Crippen LogP contribution is -2.44. The Morgan fingerprint density at radius 3 is 2.85 bits per heavy atom. The van der Waals surface area contributed by atoms with Crippen molar-refractivity contribution < 1.29 is 4.79 Å². The molecule has 0 spiro atoms. The SMILES string of the molecule is C[C@@H]1CCCCN1C(=O)Cn1cnc2scc(-c3ccccc3)c2c1=O. The van der Waals surface area contributed by atoms with Gasteiger partial charge in [0.2, 0.25) is 5.91 Å². The Balaban J connectivity index is 1.69. The molecular formula is C20H21N3O2S. The molecule has 1 aliphatic rings. The average molecular weight is 367 g/mol. The van der Waals surface area contributed by atoms with Crippen molar-refractivity contribution in [2.45, 2.75) is 38.8 Å². The third-order valence-corrected chi connectivity index (χ3v) is 5.96. The van der Waals surface area contributed by atoms with Crippen LogP contribution in [0.3, 0.4) is 0 Å². The molecule has 1 atom stereocenters. The molecule has 1 aromatic carbocycles. The van der Waals surface area contributed by atoms with E-state index in [2.05, 4.69) is 11.9 Å². The van der Waals surface area contributed by atoms with E-state index in [0.29, 0.717) is 10.2 Å². The number of rotatable bonds is 3. The summed E-state index contributed by atoms with van der Waals surface area (Å²) in [7, 11) is 0. The molecule has 1 aliphatic heterocycles. The van der Waals surface area contributed by atoms with Gasteiger partial charge in [-0.25, -0.2) is 4.98 Å². The van der Waals surface area contributed by atoms with E-state index < -0.39 is 0 Å². The summed E-state index contributed by atoms with van der Waals surface area (Å²) in [5.74, 6) is -0.00283. The second-order valence-corrected chi connectivity index (χ2v) is 7.66. The highest BCUT2D eigenvalue weighted by molar-refractivity contribution is 7.17. The van der Waals surface area contributed by atoms with Crippen molar-refractivity contribution in [2.75, 3.05) is 6.54 Å². The monoisotopic (exact) mass is 367 g/mol. The molecule has 26 heavy (non-hydrogen) atoms. The Morgan fingerprint density at radius 1 is 1.27 bits per heavy atom. The molecule has 1 saturated heterocycles. The molecule has 0 saturated carbocycles. The molecule has 0 N–H and O–H groups in total. The zero-order chi connectivity index (χ0) is 18.1. The molecule has 1 amide bonds. The quantitative estimate of drug-likeness (QED) is 0.712. The molecule has 0 unspecified atom stereocenters. The molecular weight excluding hydrogens is 346 g/mol. The zero-order valence-electron chi connectivity index (χ0n) is 14.7. The van der Waals surface area contributed by atoms with Crippen molar-refractivity contribution >= 4 is 27.5 Å². The van der Waals surface area contributed by atoms with Crippen LogP contribution < -0.4 is 5.56 Å². The van der Waals surface area contributed by atoms with Crippen LogP contribution in [0, 0.1) is 0 Å². The minimum atomic E-state index is -0.145. The smallest absolute Gasteiger partial charge is 0.263 e. The summed E-state index contributed by atoms with van der Waals surface area (Å²) >= 11 is 1.46. The van der Waals surface area contributed by atoms with E-state index in [0.717, 1.165) is 36.9 Å². The third-order valence-electron chi connectivity index (χ3n) is 5.07. The predicted octanol–water partition coefficient (Wildman–Crippen LogP) is 3.53. The number of amides is 1. The molecule has 0 aliphatic carbocycles. The second kappa shape index (κ2) is 7.03. The maximum Gasteiger partial charge on any atom is 0.263 e. The highest BCUT2D eigenvalue weighted by atomic mass is 32.1. The van der Waals surface area contributed by atoms with E-state index in [1.165, 1.54) is 22.2 Å². The van der Waals surface area contributed by atoms with E-state index >= 15 is 0 Å². The fourth-order valence-corrected chi connectivity index (χ4v) is 4.52. The Bertz CT molecular complexity index is 993. The summed E-state index contributed by atoms with van der Waals surface area (Å²) < 4.78 is 1.45. The average Bonchev–Trinajstić information content (AvgIpc) is 3.10. The first-order valence-corrected chi connectivity index (χ1v) is 9.84. The lowest BCUT2D eigenvalue weighted by Gasteiger charge is -2.33. The van der Waals surface area contributed by atoms with Crippen LogP contribution in [0.4, 0.5) is 0 Å². The van der Waals surface area contributed by atoms with Gasteiger partial charge in [-0.1, -0.05) is 30.3 Å². The van der Waals surface area contributed by atoms with Crippen LogP contribution in [0.1, 0.15) is 26.2 Å². The number of hydrogen-bond acceptors (Lipinski definition) is 4. The number of likely N-dealkylation sites (tertiary alicyclic amines) is 1. The first-order chi connectivity index (χ1) is 12.6. The lowest BCUT2D eigenvalue weighted by molar-refractivity contribution is -0.135. The maximum atomic E-state index is 13.0. The summed E-state index contributed by atoms with van der Waals surface area (Å²) in [6, 6.07) is 10.1. The predicted molar refractivity (Wildman–Crippen MR) is 104 cm³/mol. The summed E-state index contributed by atoms with van der Waals surface area (Å²) in [5.41, 5.74) is 1.73. The number of benzene rings is 1. The van der Waals surface area contributed by atoms with Crippen molar-refractivity contribution in [3.63, 3.8) is 0 Å². The van der Waals surface area contributed by atoms with E-state index in [4.69, 9.17) is 0 Å². The van der Waals surface area contributed by atoms with Crippen molar-refractivity contribution in [1.82, 2.24) is 14.5 Å². The number of nitrogens with zero attached hydrogens (tertiary/aromatic N) is 3. The standard InChI is InChI=1S/C20H21N3O2S/c1-14-7-5-6-10-23(14)17(24)11-22-13-21-19-18(20(22)25)16(12-26-19)15-8-3-2-4-9-15/h2-4,8-9,12-14H,5-7,10-11H2,1H3/t14-/m1/s1. The van der Waals surface area contributed by atoms with Gasteiger partial charge in [0.25, 0.3) is 5.56 Å². The number of fused-ring (bicyclic) bond motifs is 1. The molecule has 3 heterocycles. The first-order valence-electron chi connectivity index (χ1n) is 8.96. The number of aromatic nitrogens is 2. The Hall–Kier alpha value is -2.47. The van der Waals surface area contributed by atoms with Gasteiger partial charge < -0.3 is 4.90 Å². The highest BCUT2D eigenvalue weighted by Gasteiger charge is 2.24. The van der Waals surface area contributed by atoms with Crippen LogP contribution in [0.15, 0.2) is 46.8 Å². The van der Waals surface area contributed by atoms with Crippen LogP contribution in [0.2, 0.25) is 0 Å². The summed E-state index contributed by atoms with van der Waals surface area (Å²) in [6.45, 7) is 2.90. The summed E-state index contributed by atoms with van der Waals surface area (Å²) in [5, 5.41) is 2.57. The number of carbonyl (C=O) groups is 1. The highest BCUT2D eigenvalue weighted by Crippen LogP contribution is 2.30. The minimum absolute atomic E-state index is 0.00283. The lowest BCUT2D eigenvalue weighted by atomic mass is 10.0. The van der Waals surface area contributed by atoms with E-state index in [9.17, 15) is 9.59 Å². The summed E-state index contributed by atoms with van der Waals surface area (Å²) in [4.78, 5) is 32.8. The van der Waals surface area contributed by atoms with Gasteiger partial charge in [0.15, 0.2) is 0 Å². The number of piperidine rings is 1. The summed E-state index contributed by atoms with van der Waals surface area (Å²) in [6.07, 6.45) is 4.72. The van der Waals surface area contributed by atoms with Gasteiger partial charge in [-0.15, -0.1) is 11.3 Å².